The first kappa shape index (κ1) is 18.5. The van der Waals surface area contributed by atoms with E-state index in [0.717, 1.165) is 0 Å². The predicted molar refractivity (Wildman–Crippen MR) is 105 cm³/mol. The number of aromatic hydroxyl groups is 2. The number of benzene rings is 2. The lowest BCUT2D eigenvalue weighted by molar-refractivity contribution is 0.259. The Bertz CT molecular complexity index is 1050. The van der Waals surface area contributed by atoms with Crippen molar-refractivity contribution in [2.24, 2.45) is 5.73 Å². The van der Waals surface area contributed by atoms with Crippen molar-refractivity contribution in [3.63, 3.8) is 0 Å². The Morgan fingerprint density at radius 3 is 2.48 bits per heavy atom. The third-order valence-corrected chi connectivity index (χ3v) is 4.35. The fourth-order valence-electron chi connectivity index (χ4n) is 2.79. The van der Waals surface area contributed by atoms with Crippen LogP contribution in [0.4, 0.5) is 10.5 Å². The van der Waals surface area contributed by atoms with Crippen molar-refractivity contribution in [1.82, 2.24) is 14.8 Å². The van der Waals surface area contributed by atoms with Gasteiger partial charge in [-0.3, -0.25) is 9.67 Å². The van der Waals surface area contributed by atoms with Crippen molar-refractivity contribution in [3.05, 3.63) is 46.7 Å². The van der Waals surface area contributed by atoms with Crippen LogP contribution in [0.1, 0.15) is 25.3 Å². The standard InChI is InChI=1S/C18H19N5O3S/c1-9(2)12-7-13(15(25)8-14(12)24)16-21-22-18(27)23(16)11-5-3-10(4-6-11)20-17(19)26/h3-9,24-25H,1-2H3,(H,22,27)(H3,19,20,26). The molecule has 1 heterocycles. The van der Waals surface area contributed by atoms with E-state index < -0.39 is 6.03 Å². The number of nitrogens with two attached hydrogens (primary N) is 1. The quantitative estimate of drug-likeness (QED) is 0.438. The second-order valence-corrected chi connectivity index (χ2v) is 6.69. The van der Waals surface area contributed by atoms with E-state index in [1.165, 1.54) is 6.07 Å². The maximum Gasteiger partial charge on any atom is 0.316 e. The number of H-pyrrole nitrogens is 1. The first-order valence-electron chi connectivity index (χ1n) is 8.18. The smallest absolute Gasteiger partial charge is 0.316 e. The fourth-order valence-corrected chi connectivity index (χ4v) is 3.03. The molecule has 1 aromatic heterocycles. The number of phenolic OH excluding ortho intramolecular Hbond substituents is 2. The predicted octanol–water partition coefficient (Wildman–Crippen LogP) is 3.62. The number of aromatic amines is 1. The Morgan fingerprint density at radius 2 is 1.89 bits per heavy atom. The number of phenols is 2. The van der Waals surface area contributed by atoms with Gasteiger partial charge in [0, 0.05) is 11.8 Å². The van der Waals surface area contributed by atoms with Gasteiger partial charge in [-0.1, -0.05) is 13.8 Å². The number of aromatic nitrogens is 3. The van der Waals surface area contributed by atoms with Gasteiger partial charge in [0.05, 0.1) is 11.3 Å². The van der Waals surface area contributed by atoms with Gasteiger partial charge in [0.25, 0.3) is 0 Å². The molecule has 0 radical (unpaired) electrons. The molecule has 27 heavy (non-hydrogen) atoms. The van der Waals surface area contributed by atoms with E-state index >= 15 is 0 Å². The van der Waals surface area contributed by atoms with Crippen LogP contribution < -0.4 is 11.1 Å². The second-order valence-electron chi connectivity index (χ2n) is 6.31. The normalized spacial score (nSPS) is 10.9. The molecule has 0 saturated carbocycles. The number of urea groups is 1. The number of primary amides is 1. The molecule has 0 unspecified atom stereocenters. The minimum Gasteiger partial charge on any atom is -0.508 e. The van der Waals surface area contributed by atoms with Gasteiger partial charge in [0.1, 0.15) is 11.5 Å². The highest BCUT2D eigenvalue weighted by atomic mass is 32.1. The van der Waals surface area contributed by atoms with E-state index in [-0.39, 0.29) is 17.4 Å². The number of hydrogen-bond donors (Lipinski definition) is 5. The van der Waals surface area contributed by atoms with Crippen LogP contribution in [-0.2, 0) is 0 Å². The van der Waals surface area contributed by atoms with Crippen molar-refractivity contribution in [2.45, 2.75) is 19.8 Å². The number of hydrogen-bond acceptors (Lipinski definition) is 5. The van der Waals surface area contributed by atoms with Gasteiger partial charge >= 0.3 is 6.03 Å². The molecule has 0 aliphatic heterocycles. The molecule has 2 aromatic carbocycles. The number of nitrogens with zero attached hydrogens (tertiary/aromatic N) is 2. The number of nitrogens with one attached hydrogen (secondary N) is 2. The average Bonchev–Trinajstić information content (AvgIpc) is 2.96. The first-order valence-corrected chi connectivity index (χ1v) is 8.59. The SMILES string of the molecule is CC(C)c1cc(-c2n[nH]c(=S)n2-c2ccc(NC(N)=O)cc2)c(O)cc1O. The summed E-state index contributed by atoms with van der Waals surface area (Å²) < 4.78 is 1.98. The summed E-state index contributed by atoms with van der Waals surface area (Å²) >= 11 is 5.34. The summed E-state index contributed by atoms with van der Waals surface area (Å²) in [6, 6.07) is 9.16. The Balaban J connectivity index is 2.12. The summed E-state index contributed by atoms with van der Waals surface area (Å²) in [5.74, 6) is 0.363. The van der Waals surface area contributed by atoms with Crippen LogP contribution in [0.3, 0.4) is 0 Å². The largest absolute Gasteiger partial charge is 0.508 e. The summed E-state index contributed by atoms with van der Waals surface area (Å²) in [7, 11) is 0. The molecule has 0 spiro atoms. The zero-order valence-electron chi connectivity index (χ0n) is 14.7. The Kier molecular flexibility index (Phi) is 4.87. The molecule has 0 fully saturated rings. The van der Waals surface area contributed by atoms with Gasteiger partial charge in [-0.25, -0.2) is 4.79 Å². The van der Waals surface area contributed by atoms with Gasteiger partial charge in [-0.05, 0) is 54.0 Å². The molecule has 8 nitrogen and oxygen atoms in total. The number of amides is 2. The number of rotatable bonds is 4. The molecule has 0 aliphatic rings. The Hall–Kier alpha value is -3.33. The molecule has 6 N–H and O–H groups in total. The molecule has 140 valence electrons. The molecule has 2 amide bonds. The van der Waals surface area contributed by atoms with Gasteiger partial charge in [-0.2, -0.15) is 5.10 Å². The highest BCUT2D eigenvalue weighted by Gasteiger charge is 2.18. The van der Waals surface area contributed by atoms with Gasteiger partial charge in [-0.15, -0.1) is 0 Å². The summed E-state index contributed by atoms with van der Waals surface area (Å²) in [5.41, 5.74) is 7.45. The molecule has 0 bridgehead atoms. The van der Waals surface area contributed by atoms with Crippen molar-refractivity contribution in [1.29, 1.82) is 0 Å². The Morgan fingerprint density at radius 1 is 1.22 bits per heavy atom. The minimum absolute atomic E-state index is 0.0220. The first-order chi connectivity index (χ1) is 12.8. The van der Waals surface area contributed by atoms with Crippen LogP contribution in [0.5, 0.6) is 11.5 Å². The van der Waals surface area contributed by atoms with Crippen molar-refractivity contribution < 1.29 is 15.0 Å². The lowest BCUT2D eigenvalue weighted by Crippen LogP contribution is -2.19. The maximum absolute atomic E-state index is 11.0. The van der Waals surface area contributed by atoms with Crippen molar-refractivity contribution >= 4 is 23.9 Å². The number of anilines is 1. The molecule has 0 atom stereocenters. The molecule has 9 heteroatoms. The van der Waals surface area contributed by atoms with E-state index in [0.29, 0.717) is 33.1 Å². The molecule has 0 saturated heterocycles. The lowest BCUT2D eigenvalue weighted by Gasteiger charge is -2.13. The van der Waals surface area contributed by atoms with E-state index in [1.807, 2.05) is 13.8 Å². The van der Waals surface area contributed by atoms with Crippen LogP contribution >= 0.6 is 12.2 Å². The van der Waals surface area contributed by atoms with Gasteiger partial charge < -0.3 is 21.3 Å². The second kappa shape index (κ2) is 7.12. The minimum atomic E-state index is -0.654. The number of carbonyl (C=O) groups excluding carboxylic acids is 1. The maximum atomic E-state index is 11.0. The van der Waals surface area contributed by atoms with E-state index in [9.17, 15) is 15.0 Å². The Labute approximate surface area is 160 Å². The zero-order chi connectivity index (χ0) is 19.7. The molecule has 3 aromatic rings. The third-order valence-electron chi connectivity index (χ3n) is 4.07. The molecule has 3 rings (SSSR count). The molecule has 0 aliphatic carbocycles. The molecular formula is C18H19N5O3S. The van der Waals surface area contributed by atoms with Gasteiger partial charge in [0.2, 0.25) is 0 Å². The third kappa shape index (κ3) is 3.63. The van der Waals surface area contributed by atoms with Crippen LogP contribution in [-0.4, -0.2) is 31.0 Å². The van der Waals surface area contributed by atoms with E-state index in [1.54, 1.807) is 34.9 Å². The van der Waals surface area contributed by atoms with Crippen LogP contribution in [0, 0.1) is 4.77 Å². The van der Waals surface area contributed by atoms with Crippen LogP contribution in [0.15, 0.2) is 36.4 Å². The highest BCUT2D eigenvalue weighted by Crippen LogP contribution is 2.37. The van der Waals surface area contributed by atoms with Crippen LogP contribution in [0.2, 0.25) is 0 Å². The summed E-state index contributed by atoms with van der Waals surface area (Å²) in [5, 5.41) is 29.9. The van der Waals surface area contributed by atoms with Crippen LogP contribution in [0.25, 0.3) is 17.1 Å². The highest BCUT2D eigenvalue weighted by molar-refractivity contribution is 7.71. The van der Waals surface area contributed by atoms with E-state index in [2.05, 4.69) is 15.5 Å². The van der Waals surface area contributed by atoms with E-state index in [4.69, 9.17) is 18.0 Å². The number of carbonyl (C=O) groups is 1. The summed E-state index contributed by atoms with van der Waals surface area (Å²) in [6.07, 6.45) is 0. The van der Waals surface area contributed by atoms with Crippen molar-refractivity contribution in [2.75, 3.05) is 5.32 Å². The summed E-state index contributed by atoms with van der Waals surface area (Å²) in [4.78, 5) is 11.0. The lowest BCUT2D eigenvalue weighted by atomic mass is 9.98. The van der Waals surface area contributed by atoms with Gasteiger partial charge in [0.15, 0.2) is 10.6 Å². The zero-order valence-corrected chi connectivity index (χ0v) is 15.5. The topological polar surface area (TPSA) is 129 Å². The molecular weight excluding hydrogens is 366 g/mol. The van der Waals surface area contributed by atoms with Crippen molar-refractivity contribution in [3.8, 4) is 28.6 Å². The monoisotopic (exact) mass is 385 g/mol. The summed E-state index contributed by atoms with van der Waals surface area (Å²) in [6.45, 7) is 3.88. The fraction of sp³-hybridized carbons (Fsp3) is 0.167. The average molecular weight is 385 g/mol.